The van der Waals surface area contributed by atoms with Crippen LogP contribution in [0.25, 0.3) is 0 Å². The number of methoxy groups -OCH3 is 1. The van der Waals surface area contributed by atoms with Gasteiger partial charge >= 0.3 is 0 Å². The number of carbonyl (C=O) groups is 2. The van der Waals surface area contributed by atoms with E-state index in [4.69, 9.17) is 4.74 Å². The van der Waals surface area contributed by atoms with Crippen molar-refractivity contribution in [3.05, 3.63) is 35.9 Å². The molecule has 1 atom stereocenters. The molecular weight excluding hydrogens is 282 g/mol. The average Bonchev–Trinajstić information content (AvgIpc) is 2.55. The Morgan fingerprint density at radius 3 is 2.64 bits per heavy atom. The van der Waals surface area contributed by atoms with Crippen LogP contribution in [0.2, 0.25) is 0 Å². The fourth-order valence-corrected chi connectivity index (χ4v) is 2.72. The number of benzene rings is 1. The van der Waals surface area contributed by atoms with E-state index in [-0.39, 0.29) is 18.4 Å². The third-order valence-electron chi connectivity index (χ3n) is 3.85. The Balaban J connectivity index is 2.04. The zero-order valence-corrected chi connectivity index (χ0v) is 13.1. The molecule has 0 saturated carbocycles. The lowest BCUT2D eigenvalue weighted by Gasteiger charge is -2.40. The molecule has 1 fully saturated rings. The minimum Gasteiger partial charge on any atom is -0.375 e. The van der Waals surface area contributed by atoms with Crippen molar-refractivity contribution in [2.75, 3.05) is 40.4 Å². The molecule has 2 amide bonds. The van der Waals surface area contributed by atoms with Gasteiger partial charge < -0.3 is 15.0 Å². The molecule has 1 aromatic carbocycles. The summed E-state index contributed by atoms with van der Waals surface area (Å²) in [6.07, 6.45) is 0. The Hall–Kier alpha value is -1.92. The van der Waals surface area contributed by atoms with Crippen LogP contribution in [-0.4, -0.2) is 68.1 Å². The third-order valence-corrected chi connectivity index (χ3v) is 3.85. The van der Waals surface area contributed by atoms with Gasteiger partial charge in [0.25, 0.3) is 0 Å². The predicted octanol–water partition coefficient (Wildman–Crippen LogP) is 0.0918. The molecule has 0 aliphatic carbocycles. The second-order valence-corrected chi connectivity index (χ2v) is 5.37. The van der Waals surface area contributed by atoms with Crippen molar-refractivity contribution in [3.8, 4) is 0 Å². The Labute approximate surface area is 131 Å². The first-order valence-corrected chi connectivity index (χ1v) is 7.42. The highest BCUT2D eigenvalue weighted by Crippen LogP contribution is 2.14. The highest BCUT2D eigenvalue weighted by Gasteiger charge is 2.34. The number of hydrogen-bond donors (Lipinski definition) is 1. The van der Waals surface area contributed by atoms with Gasteiger partial charge in [-0.05, 0) is 5.56 Å². The Morgan fingerprint density at radius 1 is 1.27 bits per heavy atom. The number of amides is 2. The van der Waals surface area contributed by atoms with Crippen LogP contribution in [0.15, 0.2) is 30.3 Å². The molecule has 6 nitrogen and oxygen atoms in total. The molecule has 1 N–H and O–H groups in total. The molecule has 120 valence electrons. The van der Waals surface area contributed by atoms with E-state index in [1.54, 1.807) is 11.9 Å². The molecule has 22 heavy (non-hydrogen) atoms. The van der Waals surface area contributed by atoms with E-state index < -0.39 is 6.04 Å². The van der Waals surface area contributed by atoms with Gasteiger partial charge in [-0.2, -0.15) is 0 Å². The fourth-order valence-electron chi connectivity index (χ4n) is 2.72. The summed E-state index contributed by atoms with van der Waals surface area (Å²) in [6, 6.07) is 9.66. The molecule has 0 unspecified atom stereocenters. The Bertz CT molecular complexity index is 507. The van der Waals surface area contributed by atoms with Gasteiger partial charge in [0.1, 0.15) is 12.6 Å². The number of likely N-dealkylation sites (N-methyl/N-ethyl adjacent to an activating group) is 1. The molecule has 6 heteroatoms. The molecule has 2 rings (SSSR count). The molecule has 0 aromatic heterocycles. The largest absolute Gasteiger partial charge is 0.375 e. The minimum atomic E-state index is -0.467. The van der Waals surface area contributed by atoms with Crippen LogP contribution >= 0.6 is 0 Å². The maximum absolute atomic E-state index is 12.1. The normalized spacial score (nSPS) is 19.0. The van der Waals surface area contributed by atoms with Crippen LogP contribution in [0.4, 0.5) is 0 Å². The van der Waals surface area contributed by atoms with Crippen molar-refractivity contribution < 1.29 is 14.3 Å². The van der Waals surface area contributed by atoms with E-state index in [1.807, 2.05) is 18.2 Å². The number of nitrogens with one attached hydrogen (secondary N) is 1. The summed E-state index contributed by atoms with van der Waals surface area (Å²) >= 11 is 0. The number of nitrogens with zero attached hydrogens (tertiary/aromatic N) is 2. The van der Waals surface area contributed by atoms with Crippen molar-refractivity contribution in [1.29, 1.82) is 0 Å². The van der Waals surface area contributed by atoms with E-state index in [0.717, 1.165) is 13.1 Å². The summed E-state index contributed by atoms with van der Waals surface area (Å²) in [5.41, 5.74) is 1.20. The van der Waals surface area contributed by atoms with Crippen LogP contribution < -0.4 is 5.32 Å². The van der Waals surface area contributed by atoms with Gasteiger partial charge in [-0.25, -0.2) is 0 Å². The summed E-state index contributed by atoms with van der Waals surface area (Å²) in [5.74, 6) is -0.280. The maximum atomic E-state index is 12.1. The van der Waals surface area contributed by atoms with E-state index >= 15 is 0 Å². The highest BCUT2D eigenvalue weighted by molar-refractivity contribution is 5.88. The molecule has 1 aromatic rings. The monoisotopic (exact) mass is 305 g/mol. The van der Waals surface area contributed by atoms with Crippen LogP contribution in [0, 0.1) is 0 Å². The molecule has 1 heterocycles. The molecule has 0 bridgehead atoms. The van der Waals surface area contributed by atoms with Crippen LogP contribution in [-0.2, 0) is 20.9 Å². The maximum Gasteiger partial charge on any atom is 0.249 e. The summed E-state index contributed by atoms with van der Waals surface area (Å²) < 4.78 is 4.90. The van der Waals surface area contributed by atoms with Gasteiger partial charge in [-0.15, -0.1) is 0 Å². The molecule has 1 aliphatic heterocycles. The SMILES string of the molecule is CNC(=O)[C@H]1CN(Cc2ccccc2)CCN1C(=O)COC. The van der Waals surface area contributed by atoms with Crippen molar-refractivity contribution in [1.82, 2.24) is 15.1 Å². The van der Waals surface area contributed by atoms with Crippen LogP contribution in [0.1, 0.15) is 5.56 Å². The number of rotatable bonds is 5. The second kappa shape index (κ2) is 7.91. The van der Waals surface area contributed by atoms with Crippen molar-refractivity contribution in [2.45, 2.75) is 12.6 Å². The highest BCUT2D eigenvalue weighted by atomic mass is 16.5. The molecule has 1 saturated heterocycles. The molecule has 0 spiro atoms. The first-order valence-electron chi connectivity index (χ1n) is 7.42. The van der Waals surface area contributed by atoms with E-state index in [1.165, 1.54) is 12.7 Å². The lowest BCUT2D eigenvalue weighted by atomic mass is 10.1. The summed E-state index contributed by atoms with van der Waals surface area (Å²) in [4.78, 5) is 28.0. The summed E-state index contributed by atoms with van der Waals surface area (Å²) in [5, 5.41) is 2.65. The lowest BCUT2D eigenvalue weighted by Crippen LogP contribution is -2.60. The van der Waals surface area contributed by atoms with Gasteiger partial charge in [0.2, 0.25) is 11.8 Å². The first kappa shape index (κ1) is 16.5. The minimum absolute atomic E-state index is 0.00613. The predicted molar refractivity (Wildman–Crippen MR) is 83.2 cm³/mol. The van der Waals surface area contributed by atoms with Gasteiger partial charge in [0.05, 0.1) is 0 Å². The lowest BCUT2D eigenvalue weighted by molar-refractivity contribution is -0.146. The topological polar surface area (TPSA) is 61.9 Å². The number of ether oxygens (including phenoxy) is 1. The van der Waals surface area contributed by atoms with Crippen molar-refractivity contribution >= 4 is 11.8 Å². The first-order chi connectivity index (χ1) is 10.7. The number of piperazine rings is 1. The second-order valence-electron chi connectivity index (χ2n) is 5.37. The molecule has 0 radical (unpaired) electrons. The molecular formula is C16H23N3O3. The van der Waals surface area contributed by atoms with Gasteiger partial charge in [0, 0.05) is 40.3 Å². The van der Waals surface area contributed by atoms with Gasteiger partial charge in [0.15, 0.2) is 0 Å². The number of carbonyl (C=O) groups excluding carboxylic acids is 2. The zero-order valence-electron chi connectivity index (χ0n) is 13.1. The standard InChI is InChI=1S/C16H23N3O3/c1-17-16(21)14-11-18(10-13-6-4-3-5-7-13)8-9-19(14)15(20)12-22-2/h3-7,14H,8-12H2,1-2H3,(H,17,21)/t14-/m1/s1. The number of hydrogen-bond acceptors (Lipinski definition) is 4. The Kier molecular flexibility index (Phi) is 5.91. The molecule has 1 aliphatic rings. The van der Waals surface area contributed by atoms with E-state index in [2.05, 4.69) is 22.3 Å². The fraction of sp³-hybridized carbons (Fsp3) is 0.500. The Morgan fingerprint density at radius 2 is 2.00 bits per heavy atom. The smallest absolute Gasteiger partial charge is 0.249 e. The van der Waals surface area contributed by atoms with Gasteiger partial charge in [-0.1, -0.05) is 30.3 Å². The summed E-state index contributed by atoms with van der Waals surface area (Å²) in [7, 11) is 3.08. The van der Waals surface area contributed by atoms with Crippen LogP contribution in [0.3, 0.4) is 0 Å². The van der Waals surface area contributed by atoms with Crippen molar-refractivity contribution in [3.63, 3.8) is 0 Å². The zero-order chi connectivity index (χ0) is 15.9. The summed E-state index contributed by atoms with van der Waals surface area (Å²) in [6.45, 7) is 2.60. The average molecular weight is 305 g/mol. The third kappa shape index (κ3) is 4.05. The van der Waals surface area contributed by atoms with Crippen molar-refractivity contribution in [2.24, 2.45) is 0 Å². The van der Waals surface area contributed by atoms with Gasteiger partial charge in [-0.3, -0.25) is 14.5 Å². The van der Waals surface area contributed by atoms with E-state index in [0.29, 0.717) is 13.1 Å². The van der Waals surface area contributed by atoms with E-state index in [9.17, 15) is 9.59 Å². The van der Waals surface area contributed by atoms with Crippen LogP contribution in [0.5, 0.6) is 0 Å². The quantitative estimate of drug-likeness (QED) is 0.838.